The second kappa shape index (κ2) is 8.08. The van der Waals surface area contributed by atoms with Gasteiger partial charge in [0.25, 0.3) is 0 Å². The van der Waals surface area contributed by atoms with Crippen molar-refractivity contribution in [1.29, 1.82) is 0 Å². The normalized spacial score (nSPS) is 17.6. The van der Waals surface area contributed by atoms with Crippen molar-refractivity contribution in [1.82, 2.24) is 0 Å². The minimum atomic E-state index is -1.87. The van der Waals surface area contributed by atoms with Crippen LogP contribution in [0.2, 0.25) is 0 Å². The SMILES string of the molecule is C(C1CCCCO1)=P(c1ccccc1)(c1ccccc1)c1ccccc1. The van der Waals surface area contributed by atoms with E-state index in [0.717, 1.165) is 13.0 Å². The third kappa shape index (κ3) is 3.43. The van der Waals surface area contributed by atoms with Crippen LogP contribution in [0.1, 0.15) is 19.3 Å². The Kier molecular flexibility index (Phi) is 5.39. The highest BCUT2D eigenvalue weighted by Gasteiger charge is 2.27. The van der Waals surface area contributed by atoms with Gasteiger partial charge in [-0.15, -0.1) is 0 Å². The highest BCUT2D eigenvalue weighted by Crippen LogP contribution is 2.44. The molecule has 2 heteroatoms. The largest absolute Gasteiger partial charge is 0.374 e. The van der Waals surface area contributed by atoms with Gasteiger partial charge in [-0.1, -0.05) is 91.0 Å². The van der Waals surface area contributed by atoms with Gasteiger partial charge in [0.05, 0.1) is 6.10 Å². The van der Waals surface area contributed by atoms with Crippen LogP contribution in [-0.2, 0) is 4.74 Å². The Labute approximate surface area is 156 Å². The molecular formula is C24H25OP. The predicted molar refractivity (Wildman–Crippen MR) is 115 cm³/mol. The average Bonchev–Trinajstić information content (AvgIpc) is 2.75. The van der Waals surface area contributed by atoms with Crippen molar-refractivity contribution in [3.8, 4) is 0 Å². The number of hydrogen-bond acceptors (Lipinski definition) is 1. The van der Waals surface area contributed by atoms with Crippen molar-refractivity contribution in [3.05, 3.63) is 91.0 Å². The van der Waals surface area contributed by atoms with E-state index in [1.165, 1.54) is 28.8 Å². The molecule has 1 aliphatic heterocycles. The molecule has 1 saturated heterocycles. The van der Waals surface area contributed by atoms with Crippen molar-refractivity contribution in [2.24, 2.45) is 0 Å². The molecule has 1 atom stereocenters. The van der Waals surface area contributed by atoms with Crippen molar-refractivity contribution >= 4 is 28.6 Å². The number of benzene rings is 3. The summed E-state index contributed by atoms with van der Waals surface area (Å²) in [4.78, 5) is 0. The number of ether oxygens (including phenoxy) is 1. The van der Waals surface area contributed by atoms with Crippen molar-refractivity contribution in [3.63, 3.8) is 0 Å². The van der Waals surface area contributed by atoms with E-state index in [4.69, 9.17) is 4.74 Å². The van der Waals surface area contributed by atoms with Crippen LogP contribution in [0, 0.1) is 0 Å². The topological polar surface area (TPSA) is 9.23 Å². The summed E-state index contributed by atoms with van der Waals surface area (Å²) >= 11 is 0. The molecule has 26 heavy (non-hydrogen) atoms. The molecule has 0 radical (unpaired) electrons. The van der Waals surface area contributed by atoms with Crippen LogP contribution in [0.5, 0.6) is 0 Å². The van der Waals surface area contributed by atoms with Gasteiger partial charge in [-0.2, -0.15) is 0 Å². The Morgan fingerprint density at radius 3 is 1.50 bits per heavy atom. The lowest BCUT2D eigenvalue weighted by atomic mass is 10.1. The number of rotatable bonds is 4. The van der Waals surface area contributed by atoms with Gasteiger partial charge in [0.15, 0.2) is 0 Å². The zero-order valence-corrected chi connectivity index (χ0v) is 15.9. The lowest BCUT2D eigenvalue weighted by Crippen LogP contribution is -2.31. The Balaban J connectivity index is 2.02. The van der Waals surface area contributed by atoms with Crippen molar-refractivity contribution in [2.45, 2.75) is 25.4 Å². The third-order valence-electron chi connectivity index (χ3n) is 5.10. The van der Waals surface area contributed by atoms with E-state index in [2.05, 4.69) is 96.8 Å². The van der Waals surface area contributed by atoms with E-state index in [9.17, 15) is 0 Å². The number of hydrogen-bond donors (Lipinski definition) is 0. The first-order chi connectivity index (χ1) is 12.9. The summed E-state index contributed by atoms with van der Waals surface area (Å²) in [6.45, 7) is -0.997. The van der Waals surface area contributed by atoms with Crippen LogP contribution in [0.25, 0.3) is 0 Å². The molecular weight excluding hydrogens is 335 g/mol. The Hall–Kier alpha value is -2.08. The fourth-order valence-electron chi connectivity index (χ4n) is 3.83. The monoisotopic (exact) mass is 360 g/mol. The van der Waals surface area contributed by atoms with E-state index in [-0.39, 0.29) is 6.10 Å². The summed E-state index contributed by atoms with van der Waals surface area (Å²) in [5.74, 6) is 2.55. The maximum atomic E-state index is 6.17. The fourth-order valence-corrected chi connectivity index (χ4v) is 7.90. The van der Waals surface area contributed by atoms with Crippen LogP contribution >= 0.6 is 6.89 Å². The highest BCUT2D eigenvalue weighted by atomic mass is 31.2. The molecule has 1 aliphatic rings. The first-order valence-corrected chi connectivity index (χ1v) is 11.3. The first kappa shape index (κ1) is 17.3. The maximum absolute atomic E-state index is 6.17. The standard InChI is InChI=1S/C24H25OP/c1-4-13-22(14-5-1)26(23-15-6-2-7-16-23,24-17-8-3-9-18-24)20-21-12-10-11-19-25-21/h1-9,13-18,20-21H,10-12,19H2. The van der Waals surface area contributed by atoms with Crippen LogP contribution in [-0.4, -0.2) is 18.5 Å². The van der Waals surface area contributed by atoms with E-state index < -0.39 is 6.89 Å². The van der Waals surface area contributed by atoms with Gasteiger partial charge in [0.2, 0.25) is 0 Å². The van der Waals surface area contributed by atoms with E-state index in [1.807, 2.05) is 0 Å². The van der Waals surface area contributed by atoms with E-state index in [0.29, 0.717) is 0 Å². The van der Waals surface area contributed by atoms with Gasteiger partial charge < -0.3 is 4.74 Å². The Morgan fingerprint density at radius 2 is 1.12 bits per heavy atom. The van der Waals surface area contributed by atoms with Gasteiger partial charge >= 0.3 is 0 Å². The quantitative estimate of drug-likeness (QED) is 0.629. The molecule has 0 bridgehead atoms. The fraction of sp³-hybridized carbons (Fsp3) is 0.208. The second-order valence-electron chi connectivity index (χ2n) is 6.78. The molecule has 0 saturated carbocycles. The Bertz CT molecular complexity index is 762. The molecule has 1 fully saturated rings. The van der Waals surface area contributed by atoms with Crippen molar-refractivity contribution < 1.29 is 4.74 Å². The molecule has 0 aliphatic carbocycles. The smallest absolute Gasteiger partial charge is 0.0768 e. The van der Waals surface area contributed by atoms with Gasteiger partial charge in [0.1, 0.15) is 0 Å². The van der Waals surface area contributed by atoms with Gasteiger partial charge in [-0.25, -0.2) is 0 Å². The van der Waals surface area contributed by atoms with Crippen molar-refractivity contribution in [2.75, 3.05) is 6.61 Å². The third-order valence-corrected chi connectivity index (χ3v) is 9.21. The van der Waals surface area contributed by atoms with Crippen LogP contribution in [0.4, 0.5) is 0 Å². The predicted octanol–water partition coefficient (Wildman–Crippen LogP) is 4.35. The molecule has 0 N–H and O–H groups in total. The molecule has 4 rings (SSSR count). The van der Waals surface area contributed by atoms with E-state index in [1.54, 1.807) is 0 Å². The molecule has 132 valence electrons. The first-order valence-electron chi connectivity index (χ1n) is 9.43. The minimum absolute atomic E-state index is 0.220. The maximum Gasteiger partial charge on any atom is 0.0768 e. The summed E-state index contributed by atoms with van der Waals surface area (Å²) in [6, 6.07) is 33.0. The molecule has 0 amide bonds. The van der Waals surface area contributed by atoms with Crippen LogP contribution in [0.15, 0.2) is 91.0 Å². The second-order valence-corrected chi connectivity index (χ2v) is 10.1. The molecule has 3 aromatic carbocycles. The van der Waals surface area contributed by atoms with Crippen LogP contribution in [0.3, 0.4) is 0 Å². The van der Waals surface area contributed by atoms with Gasteiger partial charge in [0, 0.05) is 6.61 Å². The molecule has 0 spiro atoms. The zero-order valence-electron chi connectivity index (χ0n) is 15.0. The lowest BCUT2D eigenvalue weighted by Gasteiger charge is -2.32. The van der Waals surface area contributed by atoms with Gasteiger partial charge in [-0.05, 0) is 47.9 Å². The summed E-state index contributed by atoms with van der Waals surface area (Å²) in [5.41, 5.74) is 0. The summed E-state index contributed by atoms with van der Waals surface area (Å²) in [5, 5.41) is 4.18. The molecule has 3 aromatic rings. The zero-order chi connectivity index (χ0) is 17.7. The highest BCUT2D eigenvalue weighted by molar-refractivity contribution is 7.94. The summed E-state index contributed by atoms with van der Waals surface area (Å²) in [7, 11) is 0. The minimum Gasteiger partial charge on any atom is -0.374 e. The average molecular weight is 360 g/mol. The van der Waals surface area contributed by atoms with Crippen LogP contribution < -0.4 is 15.9 Å². The molecule has 1 heterocycles. The van der Waals surface area contributed by atoms with Gasteiger partial charge in [-0.3, -0.25) is 0 Å². The summed E-state index contributed by atoms with van der Waals surface area (Å²) < 4.78 is 6.17. The molecule has 1 unspecified atom stereocenters. The molecule has 0 aromatic heterocycles. The lowest BCUT2D eigenvalue weighted by molar-refractivity contribution is 0.0627. The summed E-state index contributed by atoms with van der Waals surface area (Å²) in [6.07, 6.45) is 3.77. The van der Waals surface area contributed by atoms with E-state index >= 15 is 0 Å². The Morgan fingerprint density at radius 1 is 0.654 bits per heavy atom. The molecule has 1 nitrogen and oxygen atoms in total.